The molecule has 0 aromatic heterocycles. The van der Waals surface area contributed by atoms with Crippen LogP contribution in [0.4, 0.5) is 5.69 Å². The third-order valence-corrected chi connectivity index (χ3v) is 4.00. The predicted octanol–water partition coefficient (Wildman–Crippen LogP) is 4.05. The summed E-state index contributed by atoms with van der Waals surface area (Å²) in [6, 6.07) is 15.3. The van der Waals surface area contributed by atoms with E-state index in [1.807, 2.05) is 0 Å². The van der Waals surface area contributed by atoms with Gasteiger partial charge in [0.25, 0.3) is 0 Å². The first-order chi connectivity index (χ1) is 10.1. The molecule has 0 bridgehead atoms. The van der Waals surface area contributed by atoms with Gasteiger partial charge in [0.15, 0.2) is 0 Å². The number of nitrogens with zero attached hydrogens (tertiary/aromatic N) is 1. The lowest BCUT2D eigenvalue weighted by atomic mass is 10.1. The molecule has 0 aliphatic heterocycles. The van der Waals surface area contributed by atoms with Crippen molar-refractivity contribution in [3.8, 4) is 0 Å². The first-order valence-corrected chi connectivity index (χ1v) is 7.67. The third kappa shape index (κ3) is 4.08. The van der Waals surface area contributed by atoms with Gasteiger partial charge in [-0.2, -0.15) is 0 Å². The van der Waals surface area contributed by atoms with E-state index in [0.29, 0.717) is 0 Å². The molecule has 0 spiro atoms. The Bertz CT molecular complexity index is 590. The number of rotatable bonds is 6. The Balaban J connectivity index is 2.11. The van der Waals surface area contributed by atoms with Crippen LogP contribution in [0.25, 0.3) is 0 Å². The van der Waals surface area contributed by atoms with E-state index in [0.717, 1.165) is 19.6 Å². The van der Waals surface area contributed by atoms with Gasteiger partial charge in [-0.25, -0.2) is 0 Å². The molecule has 0 amide bonds. The van der Waals surface area contributed by atoms with Crippen LogP contribution >= 0.6 is 0 Å². The minimum atomic E-state index is 0.943. The molecular formula is C19H26N2. The van der Waals surface area contributed by atoms with Gasteiger partial charge in [-0.3, -0.25) is 0 Å². The van der Waals surface area contributed by atoms with Gasteiger partial charge >= 0.3 is 0 Å². The summed E-state index contributed by atoms with van der Waals surface area (Å²) < 4.78 is 0. The number of hydrogen-bond acceptors (Lipinski definition) is 2. The monoisotopic (exact) mass is 282 g/mol. The van der Waals surface area contributed by atoms with Crippen LogP contribution in [-0.4, -0.2) is 13.6 Å². The topological polar surface area (TPSA) is 15.3 Å². The molecule has 0 aliphatic rings. The third-order valence-electron chi connectivity index (χ3n) is 4.00. The van der Waals surface area contributed by atoms with E-state index in [2.05, 4.69) is 80.5 Å². The van der Waals surface area contributed by atoms with Crippen LogP contribution in [0.1, 0.15) is 29.2 Å². The molecule has 0 saturated carbocycles. The molecule has 0 radical (unpaired) electrons. The van der Waals surface area contributed by atoms with Gasteiger partial charge in [0.1, 0.15) is 0 Å². The molecule has 2 rings (SSSR count). The molecule has 2 aromatic carbocycles. The molecule has 0 fully saturated rings. The highest BCUT2D eigenvalue weighted by Crippen LogP contribution is 2.21. The van der Waals surface area contributed by atoms with Gasteiger partial charge in [-0.05, 0) is 54.8 Å². The maximum atomic E-state index is 3.39. The van der Waals surface area contributed by atoms with E-state index in [1.54, 1.807) is 0 Å². The van der Waals surface area contributed by atoms with Crippen LogP contribution in [0.2, 0.25) is 0 Å². The molecule has 2 aromatic rings. The van der Waals surface area contributed by atoms with Crippen LogP contribution in [-0.2, 0) is 13.1 Å². The van der Waals surface area contributed by atoms with Crippen molar-refractivity contribution in [1.82, 2.24) is 5.32 Å². The standard InChI is InChI=1S/C19H26N2/c1-5-20-13-17-10-11-19(12-16(17)3)21(4)14-18-9-7-6-8-15(18)2/h6-12,20H,5,13-14H2,1-4H3. The van der Waals surface area contributed by atoms with E-state index in [1.165, 1.54) is 27.9 Å². The lowest BCUT2D eigenvalue weighted by molar-refractivity contribution is 0.723. The number of benzene rings is 2. The molecule has 0 saturated heterocycles. The summed E-state index contributed by atoms with van der Waals surface area (Å²) in [5, 5.41) is 3.39. The van der Waals surface area contributed by atoms with E-state index in [4.69, 9.17) is 0 Å². The Hall–Kier alpha value is -1.80. The number of nitrogens with one attached hydrogen (secondary N) is 1. The summed E-state index contributed by atoms with van der Waals surface area (Å²) in [6.07, 6.45) is 0. The predicted molar refractivity (Wildman–Crippen MR) is 91.8 cm³/mol. The molecule has 2 nitrogen and oxygen atoms in total. The van der Waals surface area contributed by atoms with Crippen LogP contribution in [0.5, 0.6) is 0 Å². The zero-order chi connectivity index (χ0) is 15.2. The minimum Gasteiger partial charge on any atom is -0.370 e. The molecule has 0 aliphatic carbocycles. The second-order valence-corrected chi connectivity index (χ2v) is 5.67. The molecule has 0 heterocycles. The van der Waals surface area contributed by atoms with Crippen molar-refractivity contribution in [1.29, 1.82) is 0 Å². The lowest BCUT2D eigenvalue weighted by Gasteiger charge is -2.22. The maximum Gasteiger partial charge on any atom is 0.0428 e. The number of anilines is 1. The Morgan fingerprint density at radius 2 is 1.71 bits per heavy atom. The Morgan fingerprint density at radius 1 is 0.952 bits per heavy atom. The van der Waals surface area contributed by atoms with E-state index in [-0.39, 0.29) is 0 Å². The van der Waals surface area contributed by atoms with Crippen molar-refractivity contribution < 1.29 is 0 Å². The van der Waals surface area contributed by atoms with Gasteiger partial charge in [-0.1, -0.05) is 37.3 Å². The van der Waals surface area contributed by atoms with Crippen molar-refractivity contribution >= 4 is 5.69 Å². The van der Waals surface area contributed by atoms with Crippen molar-refractivity contribution in [3.63, 3.8) is 0 Å². The van der Waals surface area contributed by atoms with Crippen LogP contribution in [0, 0.1) is 13.8 Å². The van der Waals surface area contributed by atoms with E-state index in [9.17, 15) is 0 Å². The van der Waals surface area contributed by atoms with Crippen LogP contribution in [0.15, 0.2) is 42.5 Å². The van der Waals surface area contributed by atoms with Crippen molar-refractivity contribution in [3.05, 3.63) is 64.7 Å². The van der Waals surface area contributed by atoms with Crippen molar-refractivity contribution in [2.75, 3.05) is 18.5 Å². The highest BCUT2D eigenvalue weighted by Gasteiger charge is 2.06. The van der Waals surface area contributed by atoms with Gasteiger partial charge in [0, 0.05) is 25.8 Å². The Kier molecular flexibility index (Phi) is 5.40. The van der Waals surface area contributed by atoms with Gasteiger partial charge < -0.3 is 10.2 Å². The van der Waals surface area contributed by atoms with Crippen LogP contribution in [0.3, 0.4) is 0 Å². The molecule has 21 heavy (non-hydrogen) atoms. The fraction of sp³-hybridized carbons (Fsp3) is 0.368. The highest BCUT2D eigenvalue weighted by molar-refractivity contribution is 5.51. The second-order valence-electron chi connectivity index (χ2n) is 5.67. The minimum absolute atomic E-state index is 0.943. The zero-order valence-corrected chi connectivity index (χ0v) is 13.6. The SMILES string of the molecule is CCNCc1ccc(N(C)Cc2ccccc2C)cc1C. The molecule has 112 valence electrons. The Labute approximate surface area is 128 Å². The molecular weight excluding hydrogens is 256 g/mol. The van der Waals surface area contributed by atoms with Gasteiger partial charge in [-0.15, -0.1) is 0 Å². The van der Waals surface area contributed by atoms with Crippen molar-refractivity contribution in [2.45, 2.75) is 33.9 Å². The van der Waals surface area contributed by atoms with Crippen molar-refractivity contribution in [2.24, 2.45) is 0 Å². The van der Waals surface area contributed by atoms with Crippen LogP contribution < -0.4 is 10.2 Å². The summed E-state index contributed by atoms with van der Waals surface area (Å²) in [5.74, 6) is 0. The quantitative estimate of drug-likeness (QED) is 0.860. The summed E-state index contributed by atoms with van der Waals surface area (Å²) in [6.45, 7) is 9.41. The largest absolute Gasteiger partial charge is 0.370 e. The van der Waals surface area contributed by atoms with E-state index >= 15 is 0 Å². The zero-order valence-electron chi connectivity index (χ0n) is 13.6. The molecule has 0 atom stereocenters. The normalized spacial score (nSPS) is 10.7. The van der Waals surface area contributed by atoms with Gasteiger partial charge in [0.2, 0.25) is 0 Å². The fourth-order valence-corrected chi connectivity index (χ4v) is 2.51. The number of aryl methyl sites for hydroxylation is 2. The lowest BCUT2D eigenvalue weighted by Crippen LogP contribution is -2.18. The second kappa shape index (κ2) is 7.28. The first kappa shape index (κ1) is 15.6. The Morgan fingerprint density at radius 3 is 2.38 bits per heavy atom. The average Bonchev–Trinajstić information content (AvgIpc) is 2.48. The summed E-state index contributed by atoms with van der Waals surface area (Å²) in [4.78, 5) is 2.31. The molecule has 1 N–H and O–H groups in total. The first-order valence-electron chi connectivity index (χ1n) is 7.67. The maximum absolute atomic E-state index is 3.39. The summed E-state index contributed by atoms with van der Waals surface area (Å²) in [5.41, 5.74) is 6.74. The average molecular weight is 282 g/mol. The molecule has 0 unspecified atom stereocenters. The number of hydrogen-bond donors (Lipinski definition) is 1. The summed E-state index contributed by atoms with van der Waals surface area (Å²) in [7, 11) is 2.16. The fourth-order valence-electron chi connectivity index (χ4n) is 2.51. The van der Waals surface area contributed by atoms with Gasteiger partial charge in [0.05, 0.1) is 0 Å². The smallest absolute Gasteiger partial charge is 0.0428 e. The molecule has 2 heteroatoms. The van der Waals surface area contributed by atoms with E-state index < -0.39 is 0 Å². The highest BCUT2D eigenvalue weighted by atomic mass is 15.1. The summed E-state index contributed by atoms with van der Waals surface area (Å²) >= 11 is 0.